The molecule has 16 heavy (non-hydrogen) atoms. The summed E-state index contributed by atoms with van der Waals surface area (Å²) in [6, 6.07) is 0. The number of rotatable bonds is 5. The lowest BCUT2D eigenvalue weighted by molar-refractivity contribution is -0.134. The molecule has 9 heteroatoms. The molecule has 96 valence electrons. The first-order chi connectivity index (χ1) is 7.02. The van der Waals surface area contributed by atoms with Crippen molar-refractivity contribution in [2.75, 3.05) is 13.6 Å². The van der Waals surface area contributed by atoms with E-state index in [4.69, 9.17) is 5.73 Å². The van der Waals surface area contributed by atoms with Crippen LogP contribution in [0.25, 0.3) is 0 Å². The summed E-state index contributed by atoms with van der Waals surface area (Å²) in [6.07, 6.45) is -4.55. The molecule has 0 heterocycles. The lowest BCUT2D eigenvalue weighted by Crippen LogP contribution is -2.45. The van der Waals surface area contributed by atoms with Gasteiger partial charge in [-0.25, -0.2) is 8.42 Å². The maximum atomic E-state index is 12.0. The second kappa shape index (κ2) is 5.28. The molecular formula is C7H13F3N2O2S2. The molecule has 0 amide bonds. The summed E-state index contributed by atoms with van der Waals surface area (Å²) in [5, 5.41) is -1.25. The second-order valence-electron chi connectivity index (χ2n) is 3.22. The second-order valence-corrected chi connectivity index (χ2v) is 5.91. The van der Waals surface area contributed by atoms with Gasteiger partial charge in [0.2, 0.25) is 10.0 Å². The van der Waals surface area contributed by atoms with E-state index in [0.29, 0.717) is 0 Å². The Labute approximate surface area is 97.6 Å². The molecule has 0 spiro atoms. The molecule has 0 aromatic carbocycles. The molecule has 0 aromatic rings. The maximum absolute atomic E-state index is 12.0. The molecular weight excluding hydrogens is 265 g/mol. The zero-order valence-corrected chi connectivity index (χ0v) is 10.4. The van der Waals surface area contributed by atoms with Crippen LogP contribution in [-0.4, -0.2) is 42.7 Å². The van der Waals surface area contributed by atoms with Crippen LogP contribution in [0.5, 0.6) is 0 Å². The Hall–Kier alpha value is -0.410. The molecule has 0 rings (SSSR count). The Kier molecular flexibility index (Phi) is 5.15. The van der Waals surface area contributed by atoms with Crippen LogP contribution in [0, 0.1) is 0 Å². The molecule has 0 saturated heterocycles. The van der Waals surface area contributed by atoms with Gasteiger partial charge in [-0.15, -0.1) is 0 Å². The van der Waals surface area contributed by atoms with Gasteiger partial charge in [-0.05, 0) is 6.42 Å². The van der Waals surface area contributed by atoms with Gasteiger partial charge in [0.1, 0.15) is 11.8 Å². The van der Waals surface area contributed by atoms with E-state index in [0.717, 1.165) is 7.05 Å². The maximum Gasteiger partial charge on any atom is 0.402 e. The number of hydrogen-bond acceptors (Lipinski definition) is 3. The number of halogens is 3. The average molecular weight is 278 g/mol. The highest BCUT2D eigenvalue weighted by Gasteiger charge is 2.38. The van der Waals surface area contributed by atoms with Gasteiger partial charge >= 0.3 is 6.18 Å². The van der Waals surface area contributed by atoms with Crippen molar-refractivity contribution in [3.05, 3.63) is 0 Å². The van der Waals surface area contributed by atoms with Crippen LogP contribution in [0.1, 0.15) is 13.3 Å². The first kappa shape index (κ1) is 15.6. The molecule has 0 saturated carbocycles. The quantitative estimate of drug-likeness (QED) is 0.758. The van der Waals surface area contributed by atoms with Crippen molar-refractivity contribution in [2.45, 2.75) is 24.8 Å². The molecule has 1 atom stereocenters. The van der Waals surface area contributed by atoms with Crippen LogP contribution in [0.3, 0.4) is 0 Å². The van der Waals surface area contributed by atoms with Crippen molar-refractivity contribution < 1.29 is 21.6 Å². The van der Waals surface area contributed by atoms with E-state index in [-0.39, 0.29) is 15.7 Å². The fourth-order valence-electron chi connectivity index (χ4n) is 1.12. The van der Waals surface area contributed by atoms with E-state index in [1.165, 1.54) is 6.92 Å². The fourth-order valence-corrected chi connectivity index (χ4v) is 3.13. The van der Waals surface area contributed by atoms with Crippen molar-refractivity contribution in [3.8, 4) is 0 Å². The summed E-state index contributed by atoms with van der Waals surface area (Å²) >= 11 is 4.52. The Balaban J connectivity index is 4.98. The van der Waals surface area contributed by atoms with Gasteiger partial charge in [0.25, 0.3) is 0 Å². The number of nitrogens with zero attached hydrogens (tertiary/aromatic N) is 1. The highest BCUT2D eigenvalue weighted by atomic mass is 32.2. The van der Waals surface area contributed by atoms with Gasteiger partial charge in [-0.2, -0.15) is 17.5 Å². The molecule has 0 bridgehead atoms. The van der Waals surface area contributed by atoms with Crippen molar-refractivity contribution in [1.82, 2.24) is 4.31 Å². The third-order valence-corrected chi connectivity index (χ3v) is 4.62. The average Bonchev–Trinajstić information content (AvgIpc) is 2.00. The normalized spacial score (nSPS) is 15.1. The molecule has 0 aromatic heterocycles. The van der Waals surface area contributed by atoms with E-state index in [9.17, 15) is 21.6 Å². The van der Waals surface area contributed by atoms with E-state index in [1.54, 1.807) is 0 Å². The lowest BCUT2D eigenvalue weighted by Gasteiger charge is -2.23. The topological polar surface area (TPSA) is 63.4 Å². The highest BCUT2D eigenvalue weighted by molar-refractivity contribution is 7.92. The summed E-state index contributed by atoms with van der Waals surface area (Å²) in [6.45, 7) is -0.0583. The van der Waals surface area contributed by atoms with Gasteiger partial charge in [0.05, 0.1) is 4.99 Å². The third kappa shape index (κ3) is 4.22. The van der Waals surface area contributed by atoms with Gasteiger partial charge in [0.15, 0.2) is 0 Å². The summed E-state index contributed by atoms with van der Waals surface area (Å²) in [5.41, 5.74) is 5.18. The Bertz CT molecular complexity index is 353. The number of hydrogen-bond donors (Lipinski definition) is 1. The van der Waals surface area contributed by atoms with Crippen molar-refractivity contribution in [1.29, 1.82) is 0 Å². The van der Waals surface area contributed by atoms with Gasteiger partial charge < -0.3 is 5.73 Å². The van der Waals surface area contributed by atoms with Crippen molar-refractivity contribution >= 4 is 27.2 Å². The SMILES string of the molecule is CCC(C(N)=S)S(=O)(=O)N(C)CC(F)(F)F. The van der Waals surface area contributed by atoms with E-state index < -0.39 is 28.0 Å². The third-order valence-electron chi connectivity index (χ3n) is 1.88. The van der Waals surface area contributed by atoms with E-state index in [2.05, 4.69) is 12.2 Å². The molecule has 0 aliphatic carbocycles. The molecule has 0 radical (unpaired) electrons. The number of alkyl halides is 3. The standard InChI is InChI=1S/C7H13F3N2O2S2/c1-3-5(6(11)15)16(13,14)12(2)4-7(8,9)10/h5H,3-4H2,1-2H3,(H2,11,15). The Morgan fingerprint density at radius 1 is 1.50 bits per heavy atom. The monoisotopic (exact) mass is 278 g/mol. The highest BCUT2D eigenvalue weighted by Crippen LogP contribution is 2.20. The predicted octanol–water partition coefficient (Wildman–Crippen LogP) is 0.875. The predicted molar refractivity (Wildman–Crippen MR) is 58.5 cm³/mol. The van der Waals surface area contributed by atoms with Gasteiger partial charge in [0, 0.05) is 7.05 Å². The fraction of sp³-hybridized carbons (Fsp3) is 0.857. The van der Waals surface area contributed by atoms with E-state index in [1.807, 2.05) is 0 Å². The molecule has 0 aliphatic heterocycles. The van der Waals surface area contributed by atoms with E-state index >= 15 is 0 Å². The van der Waals surface area contributed by atoms with Crippen LogP contribution in [0.15, 0.2) is 0 Å². The Morgan fingerprint density at radius 3 is 2.19 bits per heavy atom. The number of nitrogens with two attached hydrogens (primary N) is 1. The molecule has 4 nitrogen and oxygen atoms in total. The van der Waals surface area contributed by atoms with Crippen LogP contribution in [0.2, 0.25) is 0 Å². The zero-order chi connectivity index (χ0) is 13.1. The van der Waals surface area contributed by atoms with Crippen LogP contribution in [0.4, 0.5) is 13.2 Å². The summed E-state index contributed by atoms with van der Waals surface area (Å²) in [5.74, 6) is 0. The van der Waals surface area contributed by atoms with Crippen molar-refractivity contribution in [3.63, 3.8) is 0 Å². The summed E-state index contributed by atoms with van der Waals surface area (Å²) < 4.78 is 59.6. The lowest BCUT2D eigenvalue weighted by atomic mass is 10.3. The first-order valence-corrected chi connectivity index (χ1v) is 6.24. The van der Waals surface area contributed by atoms with Gasteiger partial charge in [-0.1, -0.05) is 19.1 Å². The Morgan fingerprint density at radius 2 is 1.94 bits per heavy atom. The molecule has 1 unspecified atom stereocenters. The van der Waals surface area contributed by atoms with Crippen molar-refractivity contribution in [2.24, 2.45) is 5.73 Å². The van der Waals surface area contributed by atoms with Crippen LogP contribution < -0.4 is 5.73 Å². The number of thiocarbonyl (C=S) groups is 1. The minimum atomic E-state index is -4.59. The number of sulfonamides is 1. The largest absolute Gasteiger partial charge is 0.402 e. The molecule has 0 aliphatic rings. The van der Waals surface area contributed by atoms with Crippen LogP contribution >= 0.6 is 12.2 Å². The van der Waals surface area contributed by atoms with Gasteiger partial charge in [-0.3, -0.25) is 0 Å². The molecule has 2 N–H and O–H groups in total. The molecule has 0 fully saturated rings. The minimum absolute atomic E-state index is 0.0415. The smallest absolute Gasteiger partial charge is 0.392 e. The van der Waals surface area contributed by atoms with Crippen LogP contribution in [-0.2, 0) is 10.0 Å². The zero-order valence-electron chi connectivity index (χ0n) is 8.78. The summed E-state index contributed by atoms with van der Waals surface area (Å²) in [4.78, 5) is -0.323. The summed E-state index contributed by atoms with van der Waals surface area (Å²) in [7, 11) is -3.29. The first-order valence-electron chi connectivity index (χ1n) is 4.33. The minimum Gasteiger partial charge on any atom is -0.392 e.